The van der Waals surface area contributed by atoms with Gasteiger partial charge in [0.25, 0.3) is 36.3 Å². The predicted octanol–water partition coefficient (Wildman–Crippen LogP) is 1.41. The molecular weight excluding hydrogens is 488 g/mol. The molecule has 32 heavy (non-hydrogen) atoms. The molecule has 0 bridgehead atoms. The Hall–Kier alpha value is -3.08. The number of hydrogen-bond donors (Lipinski definition) is 5. The SMILES string of the molecule is Nc1ccc(C(=O)Nc2cc(S(=O)(=O)O)cc3cc(S(=O)(=O)O)cc(S(=O)(=O)O)c23)cc1. The van der Waals surface area contributed by atoms with Crippen LogP contribution in [0, 0.1) is 0 Å². The minimum absolute atomic E-state index is 0.0348. The summed E-state index contributed by atoms with van der Waals surface area (Å²) in [5.41, 5.74) is 5.43. The van der Waals surface area contributed by atoms with Crippen molar-refractivity contribution in [1.29, 1.82) is 0 Å². The van der Waals surface area contributed by atoms with Crippen molar-refractivity contribution in [2.24, 2.45) is 0 Å². The van der Waals surface area contributed by atoms with Crippen LogP contribution in [0.3, 0.4) is 0 Å². The third kappa shape index (κ3) is 4.87. The molecule has 0 aliphatic carbocycles. The van der Waals surface area contributed by atoms with Gasteiger partial charge in [-0.1, -0.05) is 0 Å². The van der Waals surface area contributed by atoms with E-state index in [1.165, 1.54) is 24.3 Å². The molecule has 0 heterocycles. The summed E-state index contributed by atoms with van der Waals surface area (Å²) in [6.07, 6.45) is 0. The van der Waals surface area contributed by atoms with Crippen LogP contribution in [0.25, 0.3) is 10.8 Å². The molecule has 0 saturated carbocycles. The molecule has 0 aliphatic heterocycles. The van der Waals surface area contributed by atoms with Crippen LogP contribution in [0.5, 0.6) is 0 Å². The Morgan fingerprint density at radius 3 is 1.72 bits per heavy atom. The molecular formula is C17H14N2O10S3. The first-order valence-corrected chi connectivity index (χ1v) is 12.6. The fourth-order valence-electron chi connectivity index (χ4n) is 2.85. The number of nitrogens with two attached hydrogens (primary N) is 1. The van der Waals surface area contributed by atoms with Gasteiger partial charge in [0.1, 0.15) is 4.90 Å². The highest BCUT2D eigenvalue weighted by atomic mass is 32.2. The number of fused-ring (bicyclic) bond motifs is 1. The van der Waals surface area contributed by atoms with Crippen molar-refractivity contribution in [1.82, 2.24) is 0 Å². The van der Waals surface area contributed by atoms with E-state index in [9.17, 15) is 43.7 Å². The monoisotopic (exact) mass is 502 g/mol. The van der Waals surface area contributed by atoms with Gasteiger partial charge in [0.2, 0.25) is 0 Å². The van der Waals surface area contributed by atoms with Crippen LogP contribution in [0.15, 0.2) is 63.2 Å². The summed E-state index contributed by atoms with van der Waals surface area (Å²) in [6, 6.07) is 7.97. The van der Waals surface area contributed by atoms with Crippen molar-refractivity contribution in [3.8, 4) is 0 Å². The number of nitrogen functional groups attached to an aromatic ring is 1. The van der Waals surface area contributed by atoms with E-state index < -0.39 is 67.4 Å². The van der Waals surface area contributed by atoms with Crippen molar-refractivity contribution in [2.45, 2.75) is 14.7 Å². The number of benzene rings is 3. The van der Waals surface area contributed by atoms with Crippen LogP contribution < -0.4 is 11.1 Å². The summed E-state index contributed by atoms with van der Waals surface area (Å²) >= 11 is 0. The maximum atomic E-state index is 12.6. The quantitative estimate of drug-likeness (QED) is 0.248. The van der Waals surface area contributed by atoms with E-state index in [1.54, 1.807) is 0 Å². The molecule has 0 atom stereocenters. The summed E-state index contributed by atoms with van der Waals surface area (Å²) in [6.45, 7) is 0. The minimum Gasteiger partial charge on any atom is -0.399 e. The second-order valence-corrected chi connectivity index (χ2v) is 10.7. The molecule has 1 amide bonds. The van der Waals surface area contributed by atoms with Crippen LogP contribution in [-0.2, 0) is 30.4 Å². The molecule has 170 valence electrons. The summed E-state index contributed by atoms with van der Waals surface area (Å²) in [7, 11) is -15.1. The van der Waals surface area contributed by atoms with E-state index in [0.29, 0.717) is 30.0 Å². The van der Waals surface area contributed by atoms with Crippen molar-refractivity contribution < 1.29 is 43.7 Å². The van der Waals surface area contributed by atoms with Gasteiger partial charge in [-0.2, -0.15) is 25.3 Å². The van der Waals surface area contributed by atoms with E-state index in [2.05, 4.69) is 5.32 Å². The fourth-order valence-corrected chi connectivity index (χ4v) is 4.77. The van der Waals surface area contributed by atoms with Gasteiger partial charge >= 0.3 is 0 Å². The zero-order valence-corrected chi connectivity index (χ0v) is 18.1. The maximum absolute atomic E-state index is 12.6. The Morgan fingerprint density at radius 2 is 1.25 bits per heavy atom. The van der Waals surface area contributed by atoms with Crippen molar-refractivity contribution in [2.75, 3.05) is 11.1 Å². The number of carbonyl (C=O) groups excluding carboxylic acids is 1. The number of anilines is 2. The molecule has 15 heteroatoms. The molecule has 3 rings (SSSR count). The standard InChI is InChI=1S/C17H14N2O10S3/c18-11-3-1-9(2-4-11)17(20)19-14-7-12(30(21,22)23)5-10-6-13(31(24,25)26)8-15(16(10)14)32(27,28)29/h1-8H,18H2,(H,19,20)(H,21,22,23)(H,24,25,26)(H,27,28,29). The zero-order valence-electron chi connectivity index (χ0n) is 15.6. The Morgan fingerprint density at radius 1 is 0.750 bits per heavy atom. The van der Waals surface area contributed by atoms with Gasteiger partial charge in [-0.05, 0) is 53.9 Å². The minimum atomic E-state index is -5.14. The number of amides is 1. The fraction of sp³-hybridized carbons (Fsp3) is 0. The van der Waals surface area contributed by atoms with Crippen LogP contribution in [0.1, 0.15) is 10.4 Å². The molecule has 0 aliphatic rings. The first-order valence-electron chi connectivity index (χ1n) is 8.28. The molecule has 6 N–H and O–H groups in total. The summed E-state index contributed by atoms with van der Waals surface area (Å²) in [5.74, 6) is -0.848. The lowest BCUT2D eigenvalue weighted by Gasteiger charge is -2.14. The van der Waals surface area contributed by atoms with Gasteiger partial charge in [-0.25, -0.2) is 0 Å². The highest BCUT2D eigenvalue weighted by molar-refractivity contribution is 7.87. The molecule has 0 spiro atoms. The summed E-state index contributed by atoms with van der Waals surface area (Å²) in [4.78, 5) is 9.75. The second kappa shape index (κ2) is 7.80. The predicted molar refractivity (Wildman–Crippen MR) is 112 cm³/mol. The Balaban J connectivity index is 2.39. The van der Waals surface area contributed by atoms with Gasteiger partial charge in [-0.15, -0.1) is 0 Å². The molecule has 0 fully saturated rings. The molecule has 0 aromatic heterocycles. The number of carbonyl (C=O) groups is 1. The maximum Gasteiger partial charge on any atom is 0.295 e. The van der Waals surface area contributed by atoms with Crippen molar-refractivity contribution in [3.05, 3.63) is 54.1 Å². The molecule has 3 aromatic carbocycles. The van der Waals surface area contributed by atoms with E-state index in [1.807, 2.05) is 0 Å². The number of rotatable bonds is 5. The van der Waals surface area contributed by atoms with Crippen LogP contribution in [0.4, 0.5) is 11.4 Å². The first-order chi connectivity index (χ1) is 14.6. The van der Waals surface area contributed by atoms with Gasteiger partial charge < -0.3 is 11.1 Å². The molecule has 0 saturated heterocycles. The van der Waals surface area contributed by atoms with Gasteiger partial charge in [0, 0.05) is 16.6 Å². The first kappa shape index (κ1) is 23.6. The van der Waals surface area contributed by atoms with Crippen LogP contribution in [-0.4, -0.2) is 44.8 Å². The van der Waals surface area contributed by atoms with E-state index >= 15 is 0 Å². The Kier molecular flexibility index (Phi) is 5.75. The second-order valence-electron chi connectivity index (χ2n) is 6.49. The lowest BCUT2D eigenvalue weighted by molar-refractivity contribution is 0.102. The van der Waals surface area contributed by atoms with Crippen molar-refractivity contribution >= 4 is 58.4 Å². The van der Waals surface area contributed by atoms with E-state index in [4.69, 9.17) is 5.73 Å². The summed E-state index contributed by atoms with van der Waals surface area (Å²) in [5, 5.41) is 1.34. The van der Waals surface area contributed by atoms with Crippen LogP contribution in [0.2, 0.25) is 0 Å². The Bertz CT molecular complexity index is 1570. The largest absolute Gasteiger partial charge is 0.399 e. The lowest BCUT2D eigenvalue weighted by Crippen LogP contribution is -2.14. The third-order valence-corrected chi connectivity index (χ3v) is 6.80. The lowest BCUT2D eigenvalue weighted by atomic mass is 10.1. The zero-order chi connectivity index (χ0) is 24.1. The van der Waals surface area contributed by atoms with E-state index in [0.717, 1.165) is 0 Å². The highest BCUT2D eigenvalue weighted by Gasteiger charge is 2.25. The van der Waals surface area contributed by atoms with Gasteiger partial charge in [0.05, 0.1) is 15.5 Å². The third-order valence-electron chi connectivity index (χ3n) is 4.25. The van der Waals surface area contributed by atoms with E-state index in [-0.39, 0.29) is 5.56 Å². The smallest absolute Gasteiger partial charge is 0.295 e. The number of hydrogen-bond acceptors (Lipinski definition) is 8. The van der Waals surface area contributed by atoms with Gasteiger partial charge in [-0.3, -0.25) is 18.5 Å². The van der Waals surface area contributed by atoms with Crippen LogP contribution >= 0.6 is 0 Å². The molecule has 3 aromatic rings. The Labute approximate surface area is 181 Å². The molecule has 0 radical (unpaired) electrons. The topological polar surface area (TPSA) is 218 Å². The highest BCUT2D eigenvalue weighted by Crippen LogP contribution is 2.35. The van der Waals surface area contributed by atoms with Gasteiger partial charge in [0.15, 0.2) is 0 Å². The normalized spacial score (nSPS) is 12.6. The average molecular weight is 503 g/mol. The average Bonchev–Trinajstić information content (AvgIpc) is 2.65. The summed E-state index contributed by atoms with van der Waals surface area (Å²) < 4.78 is 98.7. The molecule has 0 unspecified atom stereocenters. The van der Waals surface area contributed by atoms with Crippen molar-refractivity contribution in [3.63, 3.8) is 0 Å². The number of nitrogens with one attached hydrogen (secondary N) is 1. The molecule has 12 nitrogen and oxygen atoms in total.